The van der Waals surface area contributed by atoms with E-state index in [1.807, 2.05) is 6.07 Å². The van der Waals surface area contributed by atoms with E-state index in [0.29, 0.717) is 0 Å². The molecular weight excluding hydrogens is 200 g/mol. The first kappa shape index (κ1) is 10.4. The molecule has 0 radical (unpaired) electrons. The summed E-state index contributed by atoms with van der Waals surface area (Å²) in [4.78, 5) is 2.59. The van der Waals surface area contributed by atoms with Gasteiger partial charge in [-0.05, 0) is 44.0 Å². The zero-order chi connectivity index (χ0) is 10.8. The summed E-state index contributed by atoms with van der Waals surface area (Å²) < 4.78 is 5.34. The van der Waals surface area contributed by atoms with Crippen molar-refractivity contribution in [3.8, 4) is 0 Å². The van der Waals surface area contributed by atoms with E-state index in [1.54, 1.807) is 6.26 Å². The minimum atomic E-state index is 0.744. The molecule has 2 saturated heterocycles. The van der Waals surface area contributed by atoms with Crippen LogP contribution in [-0.2, 0) is 6.42 Å². The van der Waals surface area contributed by atoms with Crippen LogP contribution in [0.3, 0.4) is 0 Å². The quantitative estimate of drug-likeness (QED) is 0.833. The average molecular weight is 220 g/mol. The predicted molar refractivity (Wildman–Crippen MR) is 63.4 cm³/mol. The number of fused-ring (bicyclic) bond motifs is 2. The van der Waals surface area contributed by atoms with Gasteiger partial charge < -0.3 is 14.6 Å². The van der Waals surface area contributed by atoms with Crippen molar-refractivity contribution in [3.05, 3.63) is 24.2 Å². The molecule has 0 amide bonds. The Hall–Kier alpha value is -0.800. The molecular formula is C13H20N2O. The average Bonchev–Trinajstić information content (AvgIpc) is 2.92. The Balaban J connectivity index is 1.45. The molecule has 3 unspecified atom stereocenters. The third-order valence-electron chi connectivity index (χ3n) is 3.99. The fourth-order valence-electron chi connectivity index (χ4n) is 3.06. The molecule has 3 heterocycles. The van der Waals surface area contributed by atoms with Crippen LogP contribution >= 0.6 is 0 Å². The lowest BCUT2D eigenvalue weighted by molar-refractivity contribution is 0.221. The third-order valence-corrected chi connectivity index (χ3v) is 3.99. The molecule has 88 valence electrons. The molecule has 2 aliphatic rings. The molecule has 3 heteroatoms. The van der Waals surface area contributed by atoms with Crippen molar-refractivity contribution in [1.82, 2.24) is 10.2 Å². The van der Waals surface area contributed by atoms with E-state index in [-0.39, 0.29) is 0 Å². The number of furan rings is 1. The van der Waals surface area contributed by atoms with Gasteiger partial charge in [0, 0.05) is 25.6 Å². The van der Waals surface area contributed by atoms with Gasteiger partial charge in [-0.2, -0.15) is 0 Å². The maximum Gasteiger partial charge on any atom is 0.105 e. The highest BCUT2D eigenvalue weighted by Crippen LogP contribution is 2.26. The molecule has 1 N–H and O–H groups in total. The second kappa shape index (κ2) is 4.60. The van der Waals surface area contributed by atoms with Gasteiger partial charge in [0.1, 0.15) is 5.76 Å². The van der Waals surface area contributed by atoms with Gasteiger partial charge in [-0.3, -0.25) is 0 Å². The Morgan fingerprint density at radius 3 is 3.19 bits per heavy atom. The van der Waals surface area contributed by atoms with Crippen LogP contribution in [0.5, 0.6) is 0 Å². The first-order valence-corrected chi connectivity index (χ1v) is 6.40. The topological polar surface area (TPSA) is 28.4 Å². The van der Waals surface area contributed by atoms with E-state index in [2.05, 4.69) is 16.3 Å². The highest BCUT2D eigenvalue weighted by molar-refractivity contribution is 4.99. The SMILES string of the molecule is c1coc(CCNC2CCN3CCC2C3)c1. The lowest BCUT2D eigenvalue weighted by Crippen LogP contribution is -2.44. The summed E-state index contributed by atoms with van der Waals surface area (Å²) >= 11 is 0. The highest BCUT2D eigenvalue weighted by Gasteiger charge is 2.33. The number of hydrogen-bond donors (Lipinski definition) is 1. The van der Waals surface area contributed by atoms with Crippen LogP contribution in [0.1, 0.15) is 18.6 Å². The number of rotatable bonds is 4. The zero-order valence-electron chi connectivity index (χ0n) is 9.69. The van der Waals surface area contributed by atoms with Crippen LogP contribution in [0.15, 0.2) is 22.8 Å². The molecule has 0 aliphatic carbocycles. The second-order valence-corrected chi connectivity index (χ2v) is 5.03. The van der Waals surface area contributed by atoms with Crippen molar-refractivity contribution in [2.45, 2.75) is 25.3 Å². The van der Waals surface area contributed by atoms with Gasteiger partial charge in [0.15, 0.2) is 0 Å². The first-order chi connectivity index (χ1) is 7.92. The Labute approximate surface area is 96.8 Å². The standard InChI is InChI=1S/C13H20N2O/c1-2-12(16-9-1)3-6-14-13-5-8-15-7-4-11(13)10-15/h1-2,9,11,13-14H,3-8,10H2. The Kier molecular flexibility index (Phi) is 2.98. The van der Waals surface area contributed by atoms with E-state index >= 15 is 0 Å². The minimum absolute atomic E-state index is 0.744. The van der Waals surface area contributed by atoms with Crippen LogP contribution in [-0.4, -0.2) is 37.1 Å². The largest absolute Gasteiger partial charge is 0.469 e. The molecule has 2 aliphatic heterocycles. The highest BCUT2D eigenvalue weighted by atomic mass is 16.3. The van der Waals surface area contributed by atoms with E-state index in [9.17, 15) is 0 Å². The molecule has 3 nitrogen and oxygen atoms in total. The molecule has 2 fully saturated rings. The Morgan fingerprint density at radius 2 is 2.31 bits per heavy atom. The lowest BCUT2D eigenvalue weighted by Gasteiger charge is -2.31. The van der Waals surface area contributed by atoms with Crippen molar-refractivity contribution in [3.63, 3.8) is 0 Å². The van der Waals surface area contributed by atoms with Gasteiger partial charge >= 0.3 is 0 Å². The van der Waals surface area contributed by atoms with E-state index in [0.717, 1.165) is 30.7 Å². The van der Waals surface area contributed by atoms with Crippen molar-refractivity contribution in [2.75, 3.05) is 26.2 Å². The monoisotopic (exact) mass is 220 g/mol. The number of hydrogen-bond acceptors (Lipinski definition) is 3. The van der Waals surface area contributed by atoms with Crippen LogP contribution in [0.2, 0.25) is 0 Å². The second-order valence-electron chi connectivity index (χ2n) is 5.03. The van der Waals surface area contributed by atoms with Gasteiger partial charge in [0.25, 0.3) is 0 Å². The molecule has 0 saturated carbocycles. The van der Waals surface area contributed by atoms with Crippen LogP contribution < -0.4 is 5.32 Å². The van der Waals surface area contributed by atoms with Crippen LogP contribution in [0, 0.1) is 5.92 Å². The smallest absolute Gasteiger partial charge is 0.105 e. The summed E-state index contributed by atoms with van der Waals surface area (Å²) in [6, 6.07) is 4.76. The number of piperidine rings is 1. The molecule has 1 aromatic rings. The van der Waals surface area contributed by atoms with E-state index < -0.39 is 0 Å². The summed E-state index contributed by atoms with van der Waals surface area (Å²) in [6.07, 6.45) is 5.48. The van der Waals surface area contributed by atoms with Gasteiger partial charge in [0.05, 0.1) is 6.26 Å². The number of nitrogens with one attached hydrogen (secondary N) is 1. The normalized spacial score (nSPS) is 33.1. The van der Waals surface area contributed by atoms with Crippen molar-refractivity contribution < 1.29 is 4.42 Å². The summed E-state index contributed by atoms with van der Waals surface area (Å²) in [5.41, 5.74) is 0. The van der Waals surface area contributed by atoms with Crippen LogP contribution in [0.25, 0.3) is 0 Å². The molecule has 1 aromatic heterocycles. The molecule has 3 atom stereocenters. The van der Waals surface area contributed by atoms with Crippen LogP contribution in [0.4, 0.5) is 0 Å². The van der Waals surface area contributed by atoms with E-state index in [1.165, 1.54) is 32.5 Å². The fourth-order valence-corrected chi connectivity index (χ4v) is 3.06. The van der Waals surface area contributed by atoms with Gasteiger partial charge in [-0.25, -0.2) is 0 Å². The zero-order valence-corrected chi connectivity index (χ0v) is 9.69. The summed E-state index contributed by atoms with van der Waals surface area (Å²) in [5.74, 6) is 1.99. The van der Waals surface area contributed by atoms with Gasteiger partial charge in [-0.15, -0.1) is 0 Å². The maximum absolute atomic E-state index is 5.34. The summed E-state index contributed by atoms with van der Waals surface area (Å²) in [7, 11) is 0. The first-order valence-electron chi connectivity index (χ1n) is 6.40. The Bertz CT molecular complexity index is 323. The predicted octanol–water partition coefficient (Wildman–Crippen LogP) is 1.51. The van der Waals surface area contributed by atoms with E-state index in [4.69, 9.17) is 4.42 Å². The Morgan fingerprint density at radius 1 is 1.38 bits per heavy atom. The lowest BCUT2D eigenvalue weighted by atomic mass is 9.94. The molecule has 0 spiro atoms. The summed E-state index contributed by atoms with van der Waals surface area (Å²) in [5, 5.41) is 3.70. The maximum atomic E-state index is 5.34. The minimum Gasteiger partial charge on any atom is -0.469 e. The fraction of sp³-hybridized carbons (Fsp3) is 0.692. The van der Waals surface area contributed by atoms with Crippen molar-refractivity contribution >= 4 is 0 Å². The molecule has 16 heavy (non-hydrogen) atoms. The van der Waals surface area contributed by atoms with Gasteiger partial charge in [-0.1, -0.05) is 0 Å². The molecule has 3 rings (SSSR count). The third kappa shape index (κ3) is 2.15. The molecule has 0 aromatic carbocycles. The van der Waals surface area contributed by atoms with Gasteiger partial charge in [0.2, 0.25) is 0 Å². The molecule has 2 bridgehead atoms. The summed E-state index contributed by atoms with van der Waals surface area (Å²) in [6.45, 7) is 4.98. The van der Waals surface area contributed by atoms with Crippen molar-refractivity contribution in [1.29, 1.82) is 0 Å². The number of nitrogens with zero attached hydrogens (tertiary/aromatic N) is 1. The van der Waals surface area contributed by atoms with Crippen molar-refractivity contribution in [2.24, 2.45) is 5.92 Å².